The van der Waals surface area contributed by atoms with E-state index < -0.39 is 0 Å². The van der Waals surface area contributed by atoms with Crippen LogP contribution < -0.4 is 4.74 Å². The Kier molecular flexibility index (Phi) is 4.65. The second kappa shape index (κ2) is 7.24. The second-order valence-electron chi connectivity index (χ2n) is 6.91. The van der Waals surface area contributed by atoms with Gasteiger partial charge in [-0.3, -0.25) is 4.79 Å². The van der Waals surface area contributed by atoms with Crippen LogP contribution in [0.2, 0.25) is 0 Å². The number of nitrogens with zero attached hydrogens (tertiary/aromatic N) is 1. The van der Waals surface area contributed by atoms with Gasteiger partial charge in [-0.05, 0) is 61.2 Å². The van der Waals surface area contributed by atoms with Crippen molar-refractivity contribution >= 4 is 16.7 Å². The number of rotatable bonds is 4. The summed E-state index contributed by atoms with van der Waals surface area (Å²) in [5.74, 6) is 1.83. The molecule has 3 aromatic rings. The summed E-state index contributed by atoms with van der Waals surface area (Å²) in [5.41, 5.74) is 0. The topological polar surface area (TPSA) is 42.7 Å². The molecule has 4 rings (SSSR count). The summed E-state index contributed by atoms with van der Waals surface area (Å²) in [6, 6.07) is 18.0. The molecule has 0 spiro atoms. The second-order valence-corrected chi connectivity index (χ2v) is 6.91. The summed E-state index contributed by atoms with van der Waals surface area (Å²) >= 11 is 0. The van der Waals surface area contributed by atoms with Crippen molar-refractivity contribution in [3.63, 3.8) is 0 Å². The van der Waals surface area contributed by atoms with E-state index in [1.165, 1.54) is 11.8 Å². The molecule has 1 atom stereocenters. The van der Waals surface area contributed by atoms with Crippen LogP contribution in [-0.2, 0) is 6.61 Å². The average Bonchev–Trinajstić information content (AvgIpc) is 3.15. The zero-order valence-electron chi connectivity index (χ0n) is 15.0. The van der Waals surface area contributed by atoms with Crippen molar-refractivity contribution in [2.45, 2.75) is 38.8 Å². The van der Waals surface area contributed by atoms with E-state index in [0.717, 1.165) is 30.5 Å². The smallest absolute Gasteiger partial charge is 0.289 e. The Morgan fingerprint density at radius 2 is 1.96 bits per heavy atom. The van der Waals surface area contributed by atoms with Crippen molar-refractivity contribution in [3.05, 3.63) is 66.1 Å². The molecule has 0 radical (unpaired) electrons. The molecule has 26 heavy (non-hydrogen) atoms. The molecule has 0 saturated carbocycles. The van der Waals surface area contributed by atoms with Crippen LogP contribution in [0, 0.1) is 0 Å². The maximum absolute atomic E-state index is 12.6. The molecule has 1 aliphatic heterocycles. The lowest BCUT2D eigenvalue weighted by molar-refractivity contribution is 0.0599. The van der Waals surface area contributed by atoms with Crippen molar-refractivity contribution in [1.29, 1.82) is 0 Å². The summed E-state index contributed by atoms with van der Waals surface area (Å²) in [7, 11) is 0. The highest BCUT2D eigenvalue weighted by atomic mass is 16.5. The largest absolute Gasteiger partial charge is 0.486 e. The predicted octanol–water partition coefficient (Wildman–Crippen LogP) is 5.03. The van der Waals surface area contributed by atoms with Crippen LogP contribution in [0.1, 0.15) is 42.5 Å². The van der Waals surface area contributed by atoms with Gasteiger partial charge < -0.3 is 14.1 Å². The minimum absolute atomic E-state index is 0.0193. The van der Waals surface area contributed by atoms with Gasteiger partial charge in [0.25, 0.3) is 5.91 Å². The van der Waals surface area contributed by atoms with Crippen LogP contribution >= 0.6 is 0 Å². The fraction of sp³-hybridized carbons (Fsp3) is 0.318. The van der Waals surface area contributed by atoms with Crippen molar-refractivity contribution in [2.24, 2.45) is 0 Å². The zero-order valence-corrected chi connectivity index (χ0v) is 15.0. The van der Waals surface area contributed by atoms with Crippen LogP contribution in [-0.4, -0.2) is 23.4 Å². The summed E-state index contributed by atoms with van der Waals surface area (Å²) in [6.45, 7) is 3.22. The highest BCUT2D eigenvalue weighted by Crippen LogP contribution is 2.23. The van der Waals surface area contributed by atoms with Gasteiger partial charge in [-0.1, -0.05) is 30.3 Å². The Morgan fingerprint density at radius 1 is 1.12 bits per heavy atom. The van der Waals surface area contributed by atoms with Gasteiger partial charge in [0.1, 0.15) is 18.1 Å². The Balaban J connectivity index is 1.42. The third-order valence-electron chi connectivity index (χ3n) is 5.04. The Labute approximate surface area is 153 Å². The first-order valence-electron chi connectivity index (χ1n) is 9.22. The van der Waals surface area contributed by atoms with Gasteiger partial charge in [-0.25, -0.2) is 0 Å². The summed E-state index contributed by atoms with van der Waals surface area (Å²) < 4.78 is 11.6. The number of hydrogen-bond acceptors (Lipinski definition) is 3. The maximum atomic E-state index is 12.6. The number of furan rings is 1. The fourth-order valence-corrected chi connectivity index (χ4v) is 3.52. The molecular weight excluding hydrogens is 326 g/mol. The van der Waals surface area contributed by atoms with Gasteiger partial charge in [-0.15, -0.1) is 0 Å². The highest BCUT2D eigenvalue weighted by molar-refractivity contribution is 5.91. The van der Waals surface area contributed by atoms with E-state index in [4.69, 9.17) is 9.15 Å². The van der Waals surface area contributed by atoms with Crippen LogP contribution in [0.25, 0.3) is 10.8 Å². The van der Waals surface area contributed by atoms with Gasteiger partial charge in [0.15, 0.2) is 5.76 Å². The molecule has 1 unspecified atom stereocenters. The van der Waals surface area contributed by atoms with E-state index in [0.29, 0.717) is 18.1 Å². The normalized spacial score (nSPS) is 17.4. The molecule has 1 aliphatic rings. The molecule has 2 heterocycles. The first-order chi connectivity index (χ1) is 12.7. The van der Waals surface area contributed by atoms with Crippen molar-refractivity contribution in [2.75, 3.05) is 6.54 Å². The Hall–Kier alpha value is -2.75. The molecule has 1 fully saturated rings. The molecule has 4 nitrogen and oxygen atoms in total. The molecule has 0 aliphatic carbocycles. The molecule has 0 N–H and O–H groups in total. The van der Waals surface area contributed by atoms with Crippen molar-refractivity contribution in [1.82, 2.24) is 4.90 Å². The van der Waals surface area contributed by atoms with Crippen LogP contribution in [0.15, 0.2) is 59.0 Å². The molecule has 4 heteroatoms. The van der Waals surface area contributed by atoms with Gasteiger partial charge in [0.2, 0.25) is 0 Å². The average molecular weight is 349 g/mol. The molecular formula is C22H23NO3. The molecule has 2 aromatic carbocycles. The lowest BCUT2D eigenvalue weighted by Gasteiger charge is -2.32. The Bertz CT molecular complexity index is 914. The van der Waals surface area contributed by atoms with E-state index in [2.05, 4.69) is 19.1 Å². The van der Waals surface area contributed by atoms with Crippen LogP contribution in [0.5, 0.6) is 5.75 Å². The first-order valence-corrected chi connectivity index (χ1v) is 9.22. The number of ether oxygens (including phenoxy) is 1. The quantitative estimate of drug-likeness (QED) is 0.664. The summed E-state index contributed by atoms with van der Waals surface area (Å²) in [4.78, 5) is 14.5. The first kappa shape index (κ1) is 16.7. The number of fused-ring (bicyclic) bond motifs is 1. The molecule has 0 bridgehead atoms. The number of carbonyl (C=O) groups is 1. The maximum Gasteiger partial charge on any atom is 0.289 e. The SMILES string of the molecule is CC1CCCCN1C(=O)c1ccc(COc2ccc3ccccc3c2)o1. The number of amides is 1. The molecule has 1 amide bonds. The van der Waals surface area contributed by atoms with Crippen LogP contribution in [0.4, 0.5) is 0 Å². The minimum Gasteiger partial charge on any atom is -0.486 e. The lowest BCUT2D eigenvalue weighted by atomic mass is 10.0. The van der Waals surface area contributed by atoms with E-state index in [9.17, 15) is 4.79 Å². The van der Waals surface area contributed by atoms with E-state index in [1.54, 1.807) is 6.07 Å². The molecule has 1 aromatic heterocycles. The van der Waals surface area contributed by atoms with Crippen molar-refractivity contribution in [3.8, 4) is 5.75 Å². The van der Waals surface area contributed by atoms with Gasteiger partial charge >= 0.3 is 0 Å². The molecule has 1 saturated heterocycles. The predicted molar refractivity (Wildman–Crippen MR) is 101 cm³/mol. The number of carbonyl (C=O) groups excluding carboxylic acids is 1. The van der Waals surface area contributed by atoms with Crippen molar-refractivity contribution < 1.29 is 13.9 Å². The van der Waals surface area contributed by atoms with E-state index in [1.807, 2.05) is 41.3 Å². The third kappa shape index (κ3) is 3.45. The Morgan fingerprint density at radius 3 is 2.81 bits per heavy atom. The van der Waals surface area contributed by atoms with E-state index >= 15 is 0 Å². The zero-order chi connectivity index (χ0) is 17.9. The molecule has 134 valence electrons. The summed E-state index contributed by atoms with van der Waals surface area (Å²) in [6.07, 6.45) is 3.31. The fourth-order valence-electron chi connectivity index (χ4n) is 3.52. The van der Waals surface area contributed by atoms with Gasteiger partial charge in [0, 0.05) is 12.6 Å². The third-order valence-corrected chi connectivity index (χ3v) is 5.04. The minimum atomic E-state index is -0.0193. The summed E-state index contributed by atoms with van der Waals surface area (Å²) in [5, 5.41) is 2.32. The van der Waals surface area contributed by atoms with Gasteiger partial charge in [0.05, 0.1) is 0 Å². The standard InChI is InChI=1S/C22H23NO3/c1-16-6-4-5-13-23(16)22(24)21-12-11-20(26-21)15-25-19-10-9-17-7-2-3-8-18(17)14-19/h2-3,7-12,14,16H,4-6,13,15H2,1H3. The number of benzene rings is 2. The van der Waals surface area contributed by atoms with Gasteiger partial charge in [-0.2, -0.15) is 0 Å². The monoisotopic (exact) mass is 349 g/mol. The lowest BCUT2D eigenvalue weighted by Crippen LogP contribution is -2.41. The van der Waals surface area contributed by atoms with Crippen LogP contribution in [0.3, 0.4) is 0 Å². The number of hydrogen-bond donors (Lipinski definition) is 0. The number of piperidine rings is 1. The number of likely N-dealkylation sites (tertiary alicyclic amines) is 1. The highest BCUT2D eigenvalue weighted by Gasteiger charge is 2.26. The van der Waals surface area contributed by atoms with E-state index in [-0.39, 0.29) is 11.9 Å².